The molecule has 3 amide bonds. The van der Waals surface area contributed by atoms with Gasteiger partial charge in [0.25, 0.3) is 5.91 Å². The Morgan fingerprint density at radius 2 is 1.53 bits per heavy atom. The Labute approximate surface area is 321 Å². The van der Waals surface area contributed by atoms with Gasteiger partial charge in [-0.2, -0.15) is 0 Å². The fourth-order valence-corrected chi connectivity index (χ4v) is 9.92. The van der Waals surface area contributed by atoms with E-state index >= 15 is 4.39 Å². The van der Waals surface area contributed by atoms with E-state index < -0.39 is 6.04 Å². The fourth-order valence-electron chi connectivity index (χ4n) is 9.92. The molecule has 0 unspecified atom stereocenters. The van der Waals surface area contributed by atoms with Gasteiger partial charge in [-0.05, 0) is 114 Å². The first-order valence-corrected chi connectivity index (χ1v) is 19.9. The van der Waals surface area contributed by atoms with Gasteiger partial charge in [-0.15, -0.1) is 0 Å². The number of aromatic hydroxyl groups is 1. The summed E-state index contributed by atoms with van der Waals surface area (Å²) in [4.78, 5) is 46.0. The van der Waals surface area contributed by atoms with Gasteiger partial charge in [-0.25, -0.2) is 4.39 Å². The third kappa shape index (κ3) is 6.97. The lowest BCUT2D eigenvalue weighted by molar-refractivity contribution is -0.136. The van der Waals surface area contributed by atoms with Gasteiger partial charge >= 0.3 is 0 Å². The zero-order valence-corrected chi connectivity index (χ0v) is 31.1. The molecular formula is C45H48FN5O4. The van der Waals surface area contributed by atoms with Crippen molar-refractivity contribution in [1.82, 2.24) is 15.1 Å². The van der Waals surface area contributed by atoms with E-state index in [4.69, 9.17) is 0 Å². The zero-order valence-electron chi connectivity index (χ0n) is 31.1. The molecule has 0 spiro atoms. The molecule has 2 N–H and O–H groups in total. The molecule has 4 aromatic rings. The number of nitrogens with zero attached hydrogens (tertiary/aromatic N) is 4. The number of carbonyl (C=O) groups is 3. The van der Waals surface area contributed by atoms with E-state index in [-0.39, 0.29) is 47.5 Å². The number of piperidine rings is 2. The minimum atomic E-state index is -0.605. The normalized spacial score (nSPS) is 23.5. The predicted octanol–water partition coefficient (Wildman–Crippen LogP) is 6.19. The number of imide groups is 1. The third-order valence-electron chi connectivity index (χ3n) is 12.9. The zero-order chi connectivity index (χ0) is 37.6. The molecule has 0 saturated carbocycles. The SMILES string of the molecule is O=C1CC[C@H](N2Cc3cc(N4CCN(CC5CCN(c6ccc([C@@H]7c8ccc(O)cc8CC[C@@H]7c7ccccc7)cc6F)CC5)CC4)ccc3C2=O)C(=O)N1. The number of aryl methyl sites for hydroxylation is 1. The highest BCUT2D eigenvalue weighted by Gasteiger charge is 2.39. The Hall–Kier alpha value is -5.22. The molecule has 4 aliphatic heterocycles. The number of benzene rings is 4. The highest BCUT2D eigenvalue weighted by Crippen LogP contribution is 2.47. The van der Waals surface area contributed by atoms with Crippen molar-refractivity contribution in [2.75, 3.05) is 55.6 Å². The molecule has 1 aliphatic carbocycles. The first-order valence-electron chi connectivity index (χ1n) is 19.9. The quantitative estimate of drug-likeness (QED) is 0.218. The summed E-state index contributed by atoms with van der Waals surface area (Å²) < 4.78 is 16.1. The van der Waals surface area contributed by atoms with E-state index in [2.05, 4.69) is 56.4 Å². The summed E-state index contributed by atoms with van der Waals surface area (Å²) in [5.41, 5.74) is 7.93. The number of amides is 3. The summed E-state index contributed by atoms with van der Waals surface area (Å²) in [7, 11) is 0. The van der Waals surface area contributed by atoms with Crippen LogP contribution in [0.4, 0.5) is 15.8 Å². The first kappa shape index (κ1) is 35.5. The number of anilines is 2. The molecule has 55 heavy (non-hydrogen) atoms. The number of carbonyl (C=O) groups excluding carboxylic acids is 3. The Morgan fingerprint density at radius 1 is 0.727 bits per heavy atom. The van der Waals surface area contributed by atoms with Crippen LogP contribution in [0, 0.1) is 11.7 Å². The summed E-state index contributed by atoms with van der Waals surface area (Å²) >= 11 is 0. The number of fused-ring (bicyclic) bond motifs is 2. The largest absolute Gasteiger partial charge is 0.508 e. The number of nitrogens with one attached hydrogen (secondary N) is 1. The van der Waals surface area contributed by atoms with E-state index in [0.29, 0.717) is 30.1 Å². The van der Waals surface area contributed by atoms with E-state index in [9.17, 15) is 19.5 Å². The van der Waals surface area contributed by atoms with E-state index in [1.807, 2.05) is 36.4 Å². The lowest BCUT2D eigenvalue weighted by Gasteiger charge is -2.40. The number of halogens is 1. The molecule has 0 aromatic heterocycles. The summed E-state index contributed by atoms with van der Waals surface area (Å²) in [6.45, 7) is 6.82. The lowest BCUT2D eigenvalue weighted by Crippen LogP contribution is -2.52. The van der Waals surface area contributed by atoms with Crippen molar-refractivity contribution < 1.29 is 23.9 Å². The van der Waals surface area contributed by atoms with E-state index in [1.54, 1.807) is 17.0 Å². The molecule has 3 saturated heterocycles. The van der Waals surface area contributed by atoms with Crippen LogP contribution in [-0.4, -0.2) is 84.5 Å². The molecule has 9 rings (SSSR count). The third-order valence-corrected chi connectivity index (χ3v) is 12.9. The van der Waals surface area contributed by atoms with Crippen LogP contribution in [0.15, 0.2) is 84.9 Å². The summed E-state index contributed by atoms with van der Waals surface area (Å²) in [6.07, 6.45) is 4.50. The average molecular weight is 742 g/mol. The van der Waals surface area contributed by atoms with Crippen LogP contribution in [0.2, 0.25) is 0 Å². The molecular weight excluding hydrogens is 694 g/mol. The van der Waals surface area contributed by atoms with Gasteiger partial charge in [0.05, 0.1) is 5.69 Å². The topological polar surface area (TPSA) is 96.4 Å². The van der Waals surface area contributed by atoms with Crippen LogP contribution in [0.25, 0.3) is 0 Å². The van der Waals surface area contributed by atoms with Crippen molar-refractivity contribution in [3.8, 4) is 5.75 Å². The van der Waals surface area contributed by atoms with Crippen molar-refractivity contribution in [2.45, 2.75) is 62.9 Å². The van der Waals surface area contributed by atoms with Crippen LogP contribution in [-0.2, 0) is 22.6 Å². The van der Waals surface area contributed by atoms with Gasteiger partial charge in [0, 0.05) is 75.9 Å². The van der Waals surface area contributed by atoms with Crippen molar-refractivity contribution in [1.29, 1.82) is 0 Å². The van der Waals surface area contributed by atoms with Gasteiger partial charge in [0.15, 0.2) is 0 Å². The maximum atomic E-state index is 16.1. The average Bonchev–Trinajstić information content (AvgIpc) is 3.53. The minimum absolute atomic E-state index is 0.0174. The van der Waals surface area contributed by atoms with Crippen molar-refractivity contribution in [3.63, 3.8) is 0 Å². The summed E-state index contributed by atoms with van der Waals surface area (Å²) in [6, 6.07) is 27.5. The Kier molecular flexibility index (Phi) is 9.54. The van der Waals surface area contributed by atoms with Crippen molar-refractivity contribution in [3.05, 3.63) is 124 Å². The van der Waals surface area contributed by atoms with E-state index in [0.717, 1.165) is 93.9 Å². The first-order chi connectivity index (χ1) is 26.8. The Morgan fingerprint density at radius 3 is 2.29 bits per heavy atom. The molecule has 5 aliphatic rings. The van der Waals surface area contributed by atoms with Crippen LogP contribution in [0.5, 0.6) is 5.75 Å². The number of piperazine rings is 1. The molecule has 3 atom stereocenters. The molecule has 4 heterocycles. The van der Waals surface area contributed by atoms with Crippen LogP contribution < -0.4 is 15.1 Å². The van der Waals surface area contributed by atoms with Crippen molar-refractivity contribution >= 4 is 29.1 Å². The van der Waals surface area contributed by atoms with Crippen molar-refractivity contribution in [2.24, 2.45) is 5.92 Å². The molecule has 284 valence electrons. The smallest absolute Gasteiger partial charge is 0.255 e. The van der Waals surface area contributed by atoms with Gasteiger partial charge in [0.1, 0.15) is 17.6 Å². The van der Waals surface area contributed by atoms with E-state index in [1.165, 1.54) is 11.1 Å². The number of hydrogen-bond acceptors (Lipinski definition) is 7. The number of rotatable bonds is 7. The number of hydrogen-bond donors (Lipinski definition) is 2. The Bertz CT molecular complexity index is 2110. The fraction of sp³-hybridized carbons (Fsp3) is 0.400. The standard InChI is InChI=1S/C45H48FN5O4/c46-39-26-32(43-36(30-4-2-1-3-5-30)10-6-31-25-35(52)9-12-37(31)43)7-13-40(39)50-18-16-29(17-19-50)27-48-20-22-49(23-21-48)34-8-11-38-33(24-34)28-51(45(38)55)41-14-15-42(53)47-44(41)54/h1-5,7-9,11-13,24-26,29,36,41,43,52H,6,10,14-23,27-28H2,(H,47,53,54)/t36-,41+,43+/m1/s1. The monoisotopic (exact) mass is 741 g/mol. The van der Waals surface area contributed by atoms with Crippen LogP contribution in [0.1, 0.15) is 82.1 Å². The molecule has 0 bridgehead atoms. The second kappa shape index (κ2) is 14.8. The predicted molar refractivity (Wildman–Crippen MR) is 210 cm³/mol. The molecule has 9 nitrogen and oxygen atoms in total. The van der Waals surface area contributed by atoms with Gasteiger partial charge in [-0.3, -0.25) is 24.6 Å². The number of phenols is 1. The maximum Gasteiger partial charge on any atom is 0.255 e. The van der Waals surface area contributed by atoms with Gasteiger partial charge in [0.2, 0.25) is 11.8 Å². The lowest BCUT2D eigenvalue weighted by atomic mass is 9.69. The summed E-state index contributed by atoms with van der Waals surface area (Å²) in [5, 5.41) is 12.6. The second-order valence-electron chi connectivity index (χ2n) is 16.1. The number of phenolic OH excluding ortho intramolecular Hbond substituents is 1. The van der Waals surface area contributed by atoms with Gasteiger partial charge < -0.3 is 19.8 Å². The van der Waals surface area contributed by atoms with Crippen LogP contribution in [0.3, 0.4) is 0 Å². The molecule has 10 heteroatoms. The molecule has 3 fully saturated rings. The minimum Gasteiger partial charge on any atom is -0.508 e. The molecule has 4 aromatic carbocycles. The highest BCUT2D eigenvalue weighted by molar-refractivity contribution is 6.05. The summed E-state index contributed by atoms with van der Waals surface area (Å²) in [5.74, 6) is 0.125. The maximum absolute atomic E-state index is 16.1. The highest BCUT2D eigenvalue weighted by atomic mass is 19.1. The van der Waals surface area contributed by atoms with Gasteiger partial charge in [-0.1, -0.05) is 42.5 Å². The molecule has 0 radical (unpaired) electrons. The van der Waals surface area contributed by atoms with Crippen LogP contribution >= 0.6 is 0 Å². The second-order valence-corrected chi connectivity index (χ2v) is 16.1. The Balaban J connectivity index is 0.795.